The summed E-state index contributed by atoms with van der Waals surface area (Å²) < 4.78 is 13.5. The molecule has 0 saturated carbocycles. The SMILES string of the molecule is Cn1c2c(c(=O)n(C)c1=O)[C@@H](c1c(O)c3ccccc3oc1=O)c1ccccc1O2. The summed E-state index contributed by atoms with van der Waals surface area (Å²) in [6.07, 6.45) is 0. The lowest BCUT2D eigenvalue weighted by Gasteiger charge is -2.29. The summed E-state index contributed by atoms with van der Waals surface area (Å²) in [4.78, 5) is 38.5. The van der Waals surface area contributed by atoms with Crippen LogP contribution in [0.5, 0.6) is 17.4 Å². The number of hydrogen-bond acceptors (Lipinski definition) is 6. The molecule has 4 aromatic rings. The molecule has 0 amide bonds. The second-order valence-electron chi connectivity index (χ2n) is 7.15. The van der Waals surface area contributed by atoms with Crippen molar-refractivity contribution in [1.29, 1.82) is 0 Å². The zero-order valence-corrected chi connectivity index (χ0v) is 16.1. The van der Waals surface area contributed by atoms with Gasteiger partial charge in [0.25, 0.3) is 5.56 Å². The number of para-hydroxylation sites is 2. The number of aromatic hydroxyl groups is 1. The van der Waals surface area contributed by atoms with Crippen LogP contribution in [-0.4, -0.2) is 14.2 Å². The second kappa shape index (κ2) is 6.21. The fraction of sp³-hybridized carbons (Fsp3) is 0.136. The molecule has 1 aliphatic heterocycles. The van der Waals surface area contributed by atoms with Crippen molar-refractivity contribution in [3.8, 4) is 17.4 Å². The van der Waals surface area contributed by atoms with Crippen molar-refractivity contribution in [1.82, 2.24) is 9.13 Å². The third-order valence-electron chi connectivity index (χ3n) is 5.48. The first-order chi connectivity index (χ1) is 14.4. The van der Waals surface area contributed by atoms with Gasteiger partial charge in [-0.05, 0) is 18.2 Å². The highest BCUT2D eigenvalue weighted by molar-refractivity contribution is 5.84. The topological polar surface area (TPSA) is 104 Å². The van der Waals surface area contributed by atoms with Gasteiger partial charge >= 0.3 is 11.3 Å². The molecule has 1 atom stereocenters. The van der Waals surface area contributed by atoms with Crippen molar-refractivity contribution in [3.63, 3.8) is 0 Å². The van der Waals surface area contributed by atoms with E-state index in [4.69, 9.17) is 9.15 Å². The molecule has 0 spiro atoms. The monoisotopic (exact) mass is 404 g/mol. The predicted octanol–water partition coefficient (Wildman–Crippen LogP) is 2.18. The Morgan fingerprint density at radius 2 is 1.60 bits per heavy atom. The quantitative estimate of drug-likeness (QED) is 0.430. The third-order valence-corrected chi connectivity index (χ3v) is 5.48. The maximum atomic E-state index is 13.1. The fourth-order valence-corrected chi connectivity index (χ4v) is 4.00. The standard InChI is InChI=1S/C22H16N2O6/c1-23-19(26)17-15(16-18(25)12-8-4-6-10-14(12)30-21(16)27)11-7-3-5-9-13(11)29-20(17)24(2)22(23)28/h3-10,15,25H,1-2H3/t15-/m1/s1. The number of benzene rings is 2. The van der Waals surface area contributed by atoms with Crippen LogP contribution in [0.1, 0.15) is 22.6 Å². The fourth-order valence-electron chi connectivity index (χ4n) is 4.00. The third kappa shape index (κ3) is 2.30. The van der Waals surface area contributed by atoms with E-state index in [1.165, 1.54) is 18.7 Å². The van der Waals surface area contributed by atoms with Crippen LogP contribution in [-0.2, 0) is 14.1 Å². The van der Waals surface area contributed by atoms with Crippen LogP contribution in [0.3, 0.4) is 0 Å². The minimum atomic E-state index is -0.976. The molecule has 8 nitrogen and oxygen atoms in total. The van der Waals surface area contributed by atoms with E-state index in [2.05, 4.69) is 0 Å². The molecule has 5 rings (SSSR count). The first-order valence-corrected chi connectivity index (χ1v) is 9.21. The van der Waals surface area contributed by atoms with Gasteiger partial charge in [-0.1, -0.05) is 30.3 Å². The number of ether oxygens (including phenoxy) is 1. The number of aromatic nitrogens is 2. The molecule has 0 unspecified atom stereocenters. The van der Waals surface area contributed by atoms with E-state index in [1.54, 1.807) is 48.5 Å². The Bertz CT molecular complexity index is 1530. The van der Waals surface area contributed by atoms with Crippen molar-refractivity contribution in [2.24, 2.45) is 14.1 Å². The van der Waals surface area contributed by atoms with Crippen molar-refractivity contribution in [2.45, 2.75) is 5.92 Å². The summed E-state index contributed by atoms with van der Waals surface area (Å²) in [7, 11) is 2.83. The lowest BCUT2D eigenvalue weighted by molar-refractivity contribution is 0.389. The number of fused-ring (bicyclic) bond motifs is 3. The van der Waals surface area contributed by atoms with Crippen molar-refractivity contribution in [2.75, 3.05) is 0 Å². The van der Waals surface area contributed by atoms with Gasteiger partial charge < -0.3 is 14.3 Å². The van der Waals surface area contributed by atoms with Crippen LogP contribution in [0.15, 0.2) is 67.3 Å². The van der Waals surface area contributed by atoms with Gasteiger partial charge in [-0.15, -0.1) is 0 Å². The van der Waals surface area contributed by atoms with Gasteiger partial charge in [-0.3, -0.25) is 13.9 Å². The van der Waals surface area contributed by atoms with E-state index in [-0.39, 0.29) is 28.3 Å². The summed E-state index contributed by atoms with van der Waals surface area (Å²) in [5, 5.41) is 11.4. The van der Waals surface area contributed by atoms with Crippen LogP contribution in [0.2, 0.25) is 0 Å². The zero-order valence-electron chi connectivity index (χ0n) is 16.1. The summed E-state index contributed by atoms with van der Waals surface area (Å²) >= 11 is 0. The second-order valence-corrected chi connectivity index (χ2v) is 7.15. The number of hydrogen-bond donors (Lipinski definition) is 1. The van der Waals surface area contributed by atoms with Crippen LogP contribution < -0.4 is 21.6 Å². The van der Waals surface area contributed by atoms with Gasteiger partial charge in [0.15, 0.2) is 0 Å². The minimum absolute atomic E-state index is 0.0266. The Balaban J connectivity index is 1.96. The van der Waals surface area contributed by atoms with Crippen LogP contribution in [0, 0.1) is 0 Å². The molecule has 150 valence electrons. The molecule has 2 aromatic heterocycles. The Kier molecular flexibility index (Phi) is 3.73. The summed E-state index contributed by atoms with van der Waals surface area (Å²) in [5.41, 5.74) is -1.20. The normalized spacial score (nSPS) is 14.8. The lowest BCUT2D eigenvalue weighted by atomic mass is 9.84. The van der Waals surface area contributed by atoms with Crippen molar-refractivity contribution >= 4 is 11.0 Å². The molecule has 0 radical (unpaired) electrons. The van der Waals surface area contributed by atoms with Crippen LogP contribution >= 0.6 is 0 Å². The Morgan fingerprint density at radius 3 is 2.40 bits per heavy atom. The smallest absolute Gasteiger partial charge is 0.344 e. The molecule has 0 fully saturated rings. The first kappa shape index (κ1) is 18.0. The molecular formula is C22H16N2O6. The lowest BCUT2D eigenvalue weighted by Crippen LogP contribution is -2.41. The molecule has 30 heavy (non-hydrogen) atoms. The predicted molar refractivity (Wildman–Crippen MR) is 109 cm³/mol. The van der Waals surface area contributed by atoms with Crippen LogP contribution in [0.4, 0.5) is 0 Å². The van der Waals surface area contributed by atoms with E-state index in [9.17, 15) is 19.5 Å². The van der Waals surface area contributed by atoms with E-state index in [0.717, 1.165) is 4.57 Å². The van der Waals surface area contributed by atoms with Gasteiger partial charge in [0, 0.05) is 19.7 Å². The van der Waals surface area contributed by atoms with E-state index < -0.39 is 22.8 Å². The Hall–Kier alpha value is -4.07. The first-order valence-electron chi connectivity index (χ1n) is 9.21. The molecule has 3 heterocycles. The summed E-state index contributed by atoms with van der Waals surface area (Å²) in [6, 6.07) is 13.5. The minimum Gasteiger partial charge on any atom is -0.507 e. The zero-order chi connectivity index (χ0) is 21.2. The Labute approximate surface area is 168 Å². The van der Waals surface area contributed by atoms with Gasteiger partial charge in [0.05, 0.1) is 22.4 Å². The molecule has 1 N–H and O–H groups in total. The van der Waals surface area contributed by atoms with E-state index >= 15 is 0 Å². The van der Waals surface area contributed by atoms with E-state index in [0.29, 0.717) is 16.7 Å². The van der Waals surface area contributed by atoms with Gasteiger partial charge in [-0.2, -0.15) is 0 Å². The largest absolute Gasteiger partial charge is 0.507 e. The highest BCUT2D eigenvalue weighted by atomic mass is 16.5. The molecule has 0 aliphatic carbocycles. The van der Waals surface area contributed by atoms with Gasteiger partial charge in [0.1, 0.15) is 17.1 Å². The number of nitrogens with zero attached hydrogens (tertiary/aromatic N) is 2. The van der Waals surface area contributed by atoms with Crippen molar-refractivity contribution < 1.29 is 14.3 Å². The molecule has 0 saturated heterocycles. The summed E-state index contributed by atoms with van der Waals surface area (Å²) in [5.74, 6) is -0.842. The Morgan fingerprint density at radius 1 is 0.900 bits per heavy atom. The van der Waals surface area contributed by atoms with E-state index in [1.807, 2.05) is 0 Å². The molecule has 8 heteroatoms. The molecule has 2 aromatic carbocycles. The highest BCUT2D eigenvalue weighted by Gasteiger charge is 2.38. The maximum absolute atomic E-state index is 13.1. The average molecular weight is 404 g/mol. The highest BCUT2D eigenvalue weighted by Crippen LogP contribution is 2.47. The van der Waals surface area contributed by atoms with Crippen LogP contribution in [0.25, 0.3) is 11.0 Å². The summed E-state index contributed by atoms with van der Waals surface area (Å²) in [6.45, 7) is 0. The van der Waals surface area contributed by atoms with Crippen molar-refractivity contribution in [3.05, 3.63) is 96.5 Å². The molecule has 1 aliphatic rings. The van der Waals surface area contributed by atoms with Gasteiger partial charge in [-0.25, -0.2) is 9.59 Å². The number of rotatable bonds is 1. The molecular weight excluding hydrogens is 388 g/mol. The van der Waals surface area contributed by atoms with Gasteiger partial charge in [0.2, 0.25) is 5.88 Å². The maximum Gasteiger partial charge on any atom is 0.344 e. The molecule has 0 bridgehead atoms. The average Bonchev–Trinajstić information content (AvgIpc) is 2.75.